The van der Waals surface area contributed by atoms with E-state index in [0.29, 0.717) is 6.04 Å². The summed E-state index contributed by atoms with van der Waals surface area (Å²) in [5, 5.41) is 0. The van der Waals surface area contributed by atoms with Gasteiger partial charge in [0.2, 0.25) is 0 Å². The lowest BCUT2D eigenvalue weighted by Crippen LogP contribution is -2.41. The number of fused-ring (bicyclic) bond motifs is 2. The van der Waals surface area contributed by atoms with Gasteiger partial charge in [-0.05, 0) is 108 Å². The summed E-state index contributed by atoms with van der Waals surface area (Å²) in [7, 11) is 4.20. The smallest absolute Gasteiger partial charge is 0.399 e. The molecule has 2 aromatic carbocycles. The number of likely N-dealkylation sites (tertiary alicyclic amines) is 2. The van der Waals surface area contributed by atoms with Gasteiger partial charge in [0.1, 0.15) is 0 Å². The molecule has 6 nitrogen and oxygen atoms in total. The summed E-state index contributed by atoms with van der Waals surface area (Å²) in [6.07, 6.45) is 2.67. The quantitative estimate of drug-likeness (QED) is 0.469. The maximum absolute atomic E-state index is 6.16. The zero-order valence-corrected chi connectivity index (χ0v) is 26.7. The summed E-state index contributed by atoms with van der Waals surface area (Å²) in [5.41, 5.74) is 3.25. The largest absolute Gasteiger partial charge is 0.494 e. The van der Waals surface area contributed by atoms with E-state index in [1.807, 2.05) is 0 Å². The highest BCUT2D eigenvalue weighted by atomic mass is 79.9. The molecule has 5 aliphatic heterocycles. The van der Waals surface area contributed by atoms with Gasteiger partial charge in [0.05, 0.1) is 11.2 Å². The first-order valence-electron chi connectivity index (χ1n) is 15.1. The Morgan fingerprint density at radius 3 is 1.55 bits per heavy atom. The Morgan fingerprint density at radius 1 is 0.675 bits per heavy atom. The van der Waals surface area contributed by atoms with Crippen molar-refractivity contribution in [1.29, 1.82) is 0 Å². The molecule has 4 atom stereocenters. The Balaban J connectivity index is 0.000000157. The van der Waals surface area contributed by atoms with Gasteiger partial charge in [-0.25, -0.2) is 0 Å². The molecule has 8 heteroatoms. The van der Waals surface area contributed by atoms with Crippen molar-refractivity contribution in [2.75, 3.05) is 63.2 Å². The summed E-state index contributed by atoms with van der Waals surface area (Å²) in [6, 6.07) is 19.0. The Labute approximate surface area is 250 Å². The van der Waals surface area contributed by atoms with Crippen molar-refractivity contribution in [3.05, 3.63) is 53.0 Å². The SMILES string of the molecule is CN1C[C@H]2CCN(c3ccc(B4OC(C)(C)C(C)(C)O4)cc3)[C@H]2C1.CN1C[C@H]2CCN(c3ccc(Br)cc3)[C@H]2C1. The van der Waals surface area contributed by atoms with Gasteiger partial charge in [-0.2, -0.15) is 0 Å². The van der Waals surface area contributed by atoms with Gasteiger partial charge >= 0.3 is 7.12 Å². The van der Waals surface area contributed by atoms with Crippen molar-refractivity contribution in [2.45, 2.75) is 63.8 Å². The van der Waals surface area contributed by atoms with Crippen LogP contribution in [0.15, 0.2) is 53.0 Å². The monoisotopic (exact) mass is 608 g/mol. The molecule has 5 heterocycles. The molecule has 0 spiro atoms. The zero-order valence-electron chi connectivity index (χ0n) is 25.1. The van der Waals surface area contributed by atoms with Gasteiger partial charge in [0, 0.05) is 67.2 Å². The van der Waals surface area contributed by atoms with E-state index in [0.717, 1.165) is 27.8 Å². The molecule has 2 aromatic rings. The topological polar surface area (TPSA) is 31.4 Å². The summed E-state index contributed by atoms with van der Waals surface area (Å²) in [6.45, 7) is 15.7. The van der Waals surface area contributed by atoms with E-state index in [1.165, 1.54) is 63.5 Å². The predicted molar refractivity (Wildman–Crippen MR) is 170 cm³/mol. The van der Waals surface area contributed by atoms with Crippen LogP contribution in [-0.2, 0) is 9.31 Å². The second-order valence-corrected chi connectivity index (χ2v) is 14.6. The Hall–Kier alpha value is -1.58. The lowest BCUT2D eigenvalue weighted by molar-refractivity contribution is 0.00578. The van der Waals surface area contributed by atoms with E-state index >= 15 is 0 Å². The highest BCUT2D eigenvalue weighted by molar-refractivity contribution is 9.10. The third kappa shape index (κ3) is 5.47. The molecule has 0 unspecified atom stereocenters. The van der Waals surface area contributed by atoms with Crippen LogP contribution in [0.25, 0.3) is 0 Å². The van der Waals surface area contributed by atoms with Crippen LogP contribution in [0.4, 0.5) is 11.4 Å². The second-order valence-electron chi connectivity index (χ2n) is 13.7. The fraction of sp³-hybridized carbons (Fsp3) is 0.625. The van der Waals surface area contributed by atoms with Crippen molar-refractivity contribution in [3.63, 3.8) is 0 Å². The number of hydrogen-bond acceptors (Lipinski definition) is 6. The van der Waals surface area contributed by atoms with Crippen LogP contribution in [0.3, 0.4) is 0 Å². The lowest BCUT2D eigenvalue weighted by Gasteiger charge is -2.32. The average molecular weight is 609 g/mol. The first kappa shape index (κ1) is 28.5. The van der Waals surface area contributed by atoms with Crippen molar-refractivity contribution in [1.82, 2.24) is 9.80 Å². The first-order valence-corrected chi connectivity index (χ1v) is 15.9. The molecule has 40 heavy (non-hydrogen) atoms. The highest BCUT2D eigenvalue weighted by Crippen LogP contribution is 2.38. The minimum atomic E-state index is -0.285. The zero-order chi connectivity index (χ0) is 28.2. The molecule has 7 rings (SSSR count). The van der Waals surface area contributed by atoms with Crippen LogP contribution in [-0.4, -0.2) is 93.6 Å². The van der Waals surface area contributed by atoms with Crippen LogP contribution >= 0.6 is 15.9 Å². The summed E-state index contributed by atoms with van der Waals surface area (Å²) in [4.78, 5) is 10.1. The molecule has 5 fully saturated rings. The Kier molecular flexibility index (Phi) is 7.79. The van der Waals surface area contributed by atoms with Gasteiger partial charge in [-0.3, -0.25) is 0 Å². The molecule has 0 radical (unpaired) electrons. The summed E-state index contributed by atoms with van der Waals surface area (Å²) in [5.74, 6) is 1.71. The number of hydrogen-bond donors (Lipinski definition) is 0. The normalized spacial score (nSPS) is 30.9. The molecule has 216 valence electrons. The van der Waals surface area contributed by atoms with E-state index in [2.05, 4.69) is 126 Å². The number of halogens is 1. The Morgan fingerprint density at radius 2 is 1.10 bits per heavy atom. The third-order valence-corrected chi connectivity index (χ3v) is 10.9. The predicted octanol–water partition coefficient (Wildman–Crippen LogP) is 4.72. The van der Waals surface area contributed by atoms with Gasteiger partial charge in [0.25, 0.3) is 0 Å². The number of nitrogens with zero attached hydrogens (tertiary/aromatic N) is 4. The molecule has 5 saturated heterocycles. The molecule has 0 amide bonds. The van der Waals surface area contributed by atoms with Gasteiger partial charge < -0.3 is 28.9 Å². The van der Waals surface area contributed by atoms with Crippen LogP contribution < -0.4 is 15.3 Å². The maximum atomic E-state index is 6.16. The minimum Gasteiger partial charge on any atom is -0.399 e. The highest BCUT2D eigenvalue weighted by Gasteiger charge is 2.51. The molecule has 5 aliphatic rings. The minimum absolute atomic E-state index is 0.270. The summed E-state index contributed by atoms with van der Waals surface area (Å²) >= 11 is 3.49. The fourth-order valence-electron chi connectivity index (χ4n) is 7.42. The summed E-state index contributed by atoms with van der Waals surface area (Å²) < 4.78 is 13.5. The molecule has 0 bridgehead atoms. The maximum Gasteiger partial charge on any atom is 0.494 e. The number of benzene rings is 2. The fourth-order valence-corrected chi connectivity index (χ4v) is 7.68. The number of likely N-dealkylation sites (N-methyl/N-ethyl adjacent to an activating group) is 2. The molecular weight excluding hydrogens is 563 g/mol. The van der Waals surface area contributed by atoms with Gasteiger partial charge in [-0.15, -0.1) is 0 Å². The van der Waals surface area contributed by atoms with Crippen LogP contribution in [0, 0.1) is 11.8 Å². The van der Waals surface area contributed by atoms with E-state index < -0.39 is 0 Å². The van der Waals surface area contributed by atoms with E-state index in [4.69, 9.17) is 9.31 Å². The van der Waals surface area contributed by atoms with Crippen molar-refractivity contribution >= 4 is 39.9 Å². The van der Waals surface area contributed by atoms with Crippen molar-refractivity contribution in [2.24, 2.45) is 11.8 Å². The molecular formula is C32H46BBrN4O2. The number of anilines is 2. The molecule has 0 N–H and O–H groups in total. The second kappa shape index (κ2) is 10.9. The van der Waals surface area contributed by atoms with Crippen LogP contribution in [0.5, 0.6) is 0 Å². The molecule has 0 aromatic heterocycles. The average Bonchev–Trinajstić information content (AvgIpc) is 3.68. The van der Waals surface area contributed by atoms with Gasteiger partial charge in [-0.1, -0.05) is 28.1 Å². The van der Waals surface area contributed by atoms with E-state index in [-0.39, 0.29) is 18.3 Å². The standard InChI is InChI=1S/C19H29BN2O2.C13H17BrN2/c1-18(2)19(3,4)24-20(23-18)15-6-8-16(9-7-15)22-11-10-14-12-21(5)13-17(14)22;1-15-8-10-6-7-16(13(10)9-15)12-4-2-11(14)3-5-12/h6-9,14,17H,10-13H2,1-5H3;2-5,10,13H,6-9H2,1H3/t14-,17+;10-,13+/m11/s1. The Bertz CT molecular complexity index is 1160. The van der Waals surface area contributed by atoms with Crippen LogP contribution in [0.1, 0.15) is 40.5 Å². The molecule has 0 aliphatic carbocycles. The molecule has 0 saturated carbocycles. The van der Waals surface area contributed by atoms with Crippen LogP contribution in [0.2, 0.25) is 0 Å². The number of rotatable bonds is 3. The van der Waals surface area contributed by atoms with E-state index in [9.17, 15) is 0 Å². The third-order valence-electron chi connectivity index (χ3n) is 10.4. The lowest BCUT2D eigenvalue weighted by atomic mass is 9.79. The van der Waals surface area contributed by atoms with E-state index in [1.54, 1.807) is 0 Å². The van der Waals surface area contributed by atoms with Gasteiger partial charge in [0.15, 0.2) is 0 Å². The first-order chi connectivity index (χ1) is 19.0. The van der Waals surface area contributed by atoms with Crippen molar-refractivity contribution < 1.29 is 9.31 Å². The van der Waals surface area contributed by atoms with Crippen molar-refractivity contribution in [3.8, 4) is 0 Å².